The molecule has 0 saturated carbocycles. The number of nitrogens with one attached hydrogen (secondary N) is 1. The Labute approximate surface area is 121 Å². The van der Waals surface area contributed by atoms with Gasteiger partial charge in [0.15, 0.2) is 0 Å². The largest absolute Gasteiger partial charge is 0.396 e. The molecule has 1 atom stereocenters. The molecule has 4 nitrogen and oxygen atoms in total. The summed E-state index contributed by atoms with van der Waals surface area (Å²) in [7, 11) is 0. The van der Waals surface area contributed by atoms with Crippen molar-refractivity contribution in [3.05, 3.63) is 29.8 Å². The zero-order chi connectivity index (χ0) is 15.2. The second-order valence-electron chi connectivity index (χ2n) is 6.45. The number of carbonyl (C=O) groups is 1. The van der Waals surface area contributed by atoms with Gasteiger partial charge in [-0.15, -0.1) is 0 Å². The highest BCUT2D eigenvalue weighted by molar-refractivity contribution is 5.91. The summed E-state index contributed by atoms with van der Waals surface area (Å²) >= 11 is 0. The topological polar surface area (TPSA) is 75.4 Å². The van der Waals surface area contributed by atoms with Crippen LogP contribution in [-0.2, 0) is 11.2 Å². The predicted molar refractivity (Wildman–Crippen MR) is 82.5 cm³/mol. The number of hydrogen-bond acceptors (Lipinski definition) is 3. The monoisotopic (exact) mass is 278 g/mol. The minimum absolute atomic E-state index is 0.0586. The second kappa shape index (κ2) is 7.41. The van der Waals surface area contributed by atoms with E-state index >= 15 is 0 Å². The molecule has 4 heteroatoms. The van der Waals surface area contributed by atoms with Gasteiger partial charge in [0.05, 0.1) is 0 Å². The van der Waals surface area contributed by atoms with Crippen LogP contribution >= 0.6 is 0 Å². The number of amides is 1. The van der Waals surface area contributed by atoms with Crippen molar-refractivity contribution in [3.8, 4) is 0 Å². The number of benzene rings is 1. The van der Waals surface area contributed by atoms with Crippen molar-refractivity contribution in [2.45, 2.75) is 46.1 Å². The van der Waals surface area contributed by atoms with Crippen molar-refractivity contribution in [1.82, 2.24) is 0 Å². The lowest BCUT2D eigenvalue weighted by Gasteiger charge is -2.22. The van der Waals surface area contributed by atoms with Crippen molar-refractivity contribution in [2.24, 2.45) is 11.1 Å². The van der Waals surface area contributed by atoms with Crippen LogP contribution in [0.15, 0.2) is 24.3 Å². The SMILES string of the molecule is CC(C)(C)CC(N)CC(=O)Nc1ccc(CCO)cc1. The van der Waals surface area contributed by atoms with Gasteiger partial charge in [0.1, 0.15) is 0 Å². The fourth-order valence-electron chi connectivity index (χ4n) is 2.19. The van der Waals surface area contributed by atoms with Gasteiger partial charge in [0.25, 0.3) is 0 Å². The Morgan fingerprint density at radius 1 is 1.30 bits per heavy atom. The summed E-state index contributed by atoms with van der Waals surface area (Å²) in [5.41, 5.74) is 7.93. The number of nitrogens with two attached hydrogens (primary N) is 1. The van der Waals surface area contributed by atoms with E-state index in [1.54, 1.807) is 0 Å². The molecule has 0 aliphatic heterocycles. The Bertz CT molecular complexity index is 421. The van der Waals surface area contributed by atoms with E-state index in [0.29, 0.717) is 12.8 Å². The molecule has 1 rings (SSSR count). The van der Waals surface area contributed by atoms with E-state index in [2.05, 4.69) is 26.1 Å². The molecular weight excluding hydrogens is 252 g/mol. The summed E-state index contributed by atoms with van der Waals surface area (Å²) in [5, 5.41) is 11.7. The lowest BCUT2D eigenvalue weighted by atomic mass is 9.87. The molecule has 0 aromatic heterocycles. The van der Waals surface area contributed by atoms with Crippen LogP contribution in [0.1, 0.15) is 39.2 Å². The third kappa shape index (κ3) is 6.68. The highest BCUT2D eigenvalue weighted by Gasteiger charge is 2.18. The number of carbonyl (C=O) groups excluding carboxylic acids is 1. The summed E-state index contributed by atoms with van der Waals surface area (Å²) in [6.07, 6.45) is 1.77. The Balaban J connectivity index is 2.45. The first-order chi connectivity index (χ1) is 9.30. The van der Waals surface area contributed by atoms with Crippen LogP contribution in [0.25, 0.3) is 0 Å². The van der Waals surface area contributed by atoms with Crippen molar-refractivity contribution in [3.63, 3.8) is 0 Å². The van der Waals surface area contributed by atoms with Gasteiger partial charge in [-0.1, -0.05) is 32.9 Å². The smallest absolute Gasteiger partial charge is 0.225 e. The molecule has 0 bridgehead atoms. The zero-order valence-electron chi connectivity index (χ0n) is 12.6. The average Bonchev–Trinajstić information content (AvgIpc) is 2.29. The van der Waals surface area contributed by atoms with Gasteiger partial charge >= 0.3 is 0 Å². The van der Waals surface area contributed by atoms with Crippen LogP contribution in [0, 0.1) is 5.41 Å². The summed E-state index contributed by atoms with van der Waals surface area (Å²) in [4.78, 5) is 11.9. The molecule has 1 amide bonds. The van der Waals surface area contributed by atoms with E-state index in [1.165, 1.54) is 0 Å². The minimum Gasteiger partial charge on any atom is -0.396 e. The van der Waals surface area contributed by atoms with Gasteiger partial charge in [0.2, 0.25) is 5.91 Å². The third-order valence-electron chi connectivity index (χ3n) is 2.96. The fourth-order valence-corrected chi connectivity index (χ4v) is 2.19. The summed E-state index contributed by atoms with van der Waals surface area (Å²) in [5.74, 6) is -0.0586. The predicted octanol–water partition coefficient (Wildman–Crippen LogP) is 2.31. The molecule has 1 unspecified atom stereocenters. The Morgan fingerprint density at radius 2 is 1.90 bits per heavy atom. The van der Waals surface area contributed by atoms with Crippen LogP contribution in [-0.4, -0.2) is 23.7 Å². The maximum Gasteiger partial charge on any atom is 0.225 e. The van der Waals surface area contributed by atoms with Gasteiger partial charge < -0.3 is 16.2 Å². The first-order valence-corrected chi connectivity index (χ1v) is 7.05. The van der Waals surface area contributed by atoms with Gasteiger partial charge in [-0.3, -0.25) is 4.79 Å². The molecule has 0 saturated heterocycles. The zero-order valence-corrected chi connectivity index (χ0v) is 12.6. The highest BCUT2D eigenvalue weighted by atomic mass is 16.2. The van der Waals surface area contributed by atoms with E-state index in [-0.39, 0.29) is 24.0 Å². The van der Waals surface area contributed by atoms with Crippen LogP contribution in [0.5, 0.6) is 0 Å². The molecule has 0 heterocycles. The number of aliphatic hydroxyl groups excluding tert-OH is 1. The van der Waals surface area contributed by atoms with Gasteiger partial charge in [-0.25, -0.2) is 0 Å². The summed E-state index contributed by atoms with van der Waals surface area (Å²) in [6.45, 7) is 6.48. The van der Waals surface area contributed by atoms with E-state index in [1.807, 2.05) is 24.3 Å². The third-order valence-corrected chi connectivity index (χ3v) is 2.96. The van der Waals surface area contributed by atoms with Crippen LogP contribution in [0.2, 0.25) is 0 Å². The maximum atomic E-state index is 11.9. The Morgan fingerprint density at radius 3 is 2.40 bits per heavy atom. The highest BCUT2D eigenvalue weighted by Crippen LogP contribution is 2.21. The molecule has 1 aromatic rings. The molecular formula is C16H26N2O2. The van der Waals surface area contributed by atoms with Gasteiger partial charge in [-0.2, -0.15) is 0 Å². The Kier molecular flexibility index (Phi) is 6.17. The quantitative estimate of drug-likeness (QED) is 0.747. The van der Waals surface area contributed by atoms with Gasteiger partial charge in [-0.05, 0) is 36.0 Å². The fraction of sp³-hybridized carbons (Fsp3) is 0.562. The van der Waals surface area contributed by atoms with E-state index in [9.17, 15) is 4.79 Å². The second-order valence-corrected chi connectivity index (χ2v) is 6.45. The van der Waals surface area contributed by atoms with Crippen molar-refractivity contribution in [1.29, 1.82) is 0 Å². The molecule has 0 aliphatic carbocycles. The van der Waals surface area contributed by atoms with Crippen LogP contribution in [0.3, 0.4) is 0 Å². The van der Waals surface area contributed by atoms with Crippen LogP contribution < -0.4 is 11.1 Å². The number of hydrogen-bond donors (Lipinski definition) is 3. The summed E-state index contributed by atoms with van der Waals surface area (Å²) < 4.78 is 0. The molecule has 20 heavy (non-hydrogen) atoms. The molecule has 0 radical (unpaired) electrons. The van der Waals surface area contributed by atoms with Crippen molar-refractivity contribution < 1.29 is 9.90 Å². The normalized spacial score (nSPS) is 13.1. The van der Waals surface area contributed by atoms with Gasteiger partial charge in [0, 0.05) is 24.8 Å². The lowest BCUT2D eigenvalue weighted by molar-refractivity contribution is -0.116. The first-order valence-electron chi connectivity index (χ1n) is 7.05. The standard InChI is InChI=1S/C16H26N2O2/c1-16(2,3)11-13(17)10-15(20)18-14-6-4-12(5-7-14)8-9-19/h4-7,13,19H,8-11,17H2,1-3H3,(H,18,20). The van der Waals surface area contributed by atoms with Crippen LogP contribution in [0.4, 0.5) is 5.69 Å². The average molecular weight is 278 g/mol. The van der Waals surface area contributed by atoms with E-state index < -0.39 is 0 Å². The molecule has 0 aliphatic rings. The molecule has 0 spiro atoms. The van der Waals surface area contributed by atoms with E-state index in [0.717, 1.165) is 17.7 Å². The number of anilines is 1. The van der Waals surface area contributed by atoms with E-state index in [4.69, 9.17) is 10.8 Å². The molecule has 4 N–H and O–H groups in total. The molecule has 112 valence electrons. The molecule has 0 fully saturated rings. The maximum absolute atomic E-state index is 11.9. The summed E-state index contributed by atoms with van der Waals surface area (Å²) in [6, 6.07) is 7.38. The van der Waals surface area contributed by atoms with Crippen molar-refractivity contribution in [2.75, 3.05) is 11.9 Å². The number of aliphatic hydroxyl groups is 1. The minimum atomic E-state index is -0.122. The Hall–Kier alpha value is -1.39. The molecule has 1 aromatic carbocycles. The first kappa shape index (κ1) is 16.7. The lowest BCUT2D eigenvalue weighted by Crippen LogP contribution is -2.31. The van der Waals surface area contributed by atoms with Crippen molar-refractivity contribution >= 4 is 11.6 Å². The number of rotatable bonds is 6.